The molecule has 0 aromatic heterocycles. The highest BCUT2D eigenvalue weighted by Crippen LogP contribution is 2.28. The molecule has 0 unspecified atom stereocenters. The number of benzene rings is 3. The molecule has 3 rings (SSSR count). The van der Waals surface area contributed by atoms with Gasteiger partial charge in [0, 0.05) is 0 Å². The lowest BCUT2D eigenvalue weighted by molar-refractivity contribution is -0.120. The van der Waals surface area contributed by atoms with Gasteiger partial charge in [0.1, 0.15) is 5.75 Å². The molecule has 0 aliphatic carbocycles. The van der Waals surface area contributed by atoms with Gasteiger partial charge in [-0.1, -0.05) is 23.7 Å². The summed E-state index contributed by atoms with van der Waals surface area (Å²) < 4.78 is 15.7. The van der Waals surface area contributed by atoms with E-state index in [4.69, 9.17) is 25.8 Å². The van der Waals surface area contributed by atoms with E-state index < -0.39 is 17.8 Å². The summed E-state index contributed by atoms with van der Waals surface area (Å²) in [5.41, 5.74) is 3.54. The molecule has 0 bridgehead atoms. The summed E-state index contributed by atoms with van der Waals surface area (Å²) in [6.07, 6.45) is 1.41. The first-order chi connectivity index (χ1) is 16.9. The molecule has 0 aliphatic heterocycles. The zero-order valence-corrected chi connectivity index (χ0v) is 19.7. The van der Waals surface area contributed by atoms with Gasteiger partial charge in [-0.05, 0) is 60.2 Å². The predicted molar refractivity (Wildman–Crippen MR) is 130 cm³/mol. The lowest BCUT2D eigenvalue weighted by atomic mass is 10.2. The van der Waals surface area contributed by atoms with Crippen LogP contribution in [-0.2, 0) is 4.79 Å². The van der Waals surface area contributed by atoms with Crippen LogP contribution in [0.2, 0.25) is 5.02 Å². The predicted octanol–water partition coefficient (Wildman–Crippen LogP) is 3.46. The number of rotatable bonds is 9. The van der Waals surface area contributed by atoms with E-state index in [1.54, 1.807) is 60.7 Å². The van der Waals surface area contributed by atoms with Gasteiger partial charge in [0.25, 0.3) is 11.8 Å². The summed E-state index contributed by atoms with van der Waals surface area (Å²) in [6, 6.07) is 17.7. The van der Waals surface area contributed by atoms with Crippen LogP contribution in [0.1, 0.15) is 26.3 Å². The van der Waals surface area contributed by atoms with Gasteiger partial charge < -0.3 is 19.5 Å². The maximum atomic E-state index is 12.4. The van der Waals surface area contributed by atoms with Gasteiger partial charge in [-0.25, -0.2) is 10.2 Å². The standard InChI is InChI=1S/C25H22ClN3O6/c1-33-21-12-9-17(13-22(21)34-2)25(32)35-18-10-7-16(8-11-18)14-28-29-23(30)15-27-24(31)19-5-3-4-6-20(19)26/h3-14H,15H2,1-2H3,(H,27,31)(H,29,30)/b28-14+. The normalized spacial score (nSPS) is 10.5. The fourth-order valence-corrected chi connectivity index (χ4v) is 3.09. The number of nitrogens with zero attached hydrogens (tertiary/aromatic N) is 1. The Kier molecular flexibility index (Phi) is 8.80. The van der Waals surface area contributed by atoms with E-state index in [-0.39, 0.29) is 12.1 Å². The van der Waals surface area contributed by atoms with E-state index in [9.17, 15) is 14.4 Å². The second kappa shape index (κ2) is 12.2. The SMILES string of the molecule is COc1ccc(C(=O)Oc2ccc(/C=N/NC(=O)CNC(=O)c3ccccc3Cl)cc2)cc1OC. The van der Waals surface area contributed by atoms with Crippen LogP contribution in [0.4, 0.5) is 0 Å². The maximum absolute atomic E-state index is 12.4. The number of halogens is 1. The van der Waals surface area contributed by atoms with E-state index >= 15 is 0 Å². The molecule has 180 valence electrons. The van der Waals surface area contributed by atoms with Crippen molar-refractivity contribution in [2.75, 3.05) is 20.8 Å². The van der Waals surface area contributed by atoms with Crippen molar-refractivity contribution in [3.8, 4) is 17.2 Å². The zero-order chi connectivity index (χ0) is 25.2. The molecule has 0 saturated carbocycles. The minimum absolute atomic E-state index is 0.271. The van der Waals surface area contributed by atoms with Gasteiger partial charge in [-0.2, -0.15) is 5.10 Å². The fraction of sp³-hybridized carbons (Fsp3) is 0.120. The van der Waals surface area contributed by atoms with Gasteiger partial charge in [-0.3, -0.25) is 9.59 Å². The first-order valence-electron chi connectivity index (χ1n) is 10.3. The number of nitrogens with one attached hydrogen (secondary N) is 2. The molecule has 10 heteroatoms. The van der Waals surface area contributed by atoms with Crippen LogP contribution in [-0.4, -0.2) is 44.8 Å². The minimum Gasteiger partial charge on any atom is -0.493 e. The summed E-state index contributed by atoms with van der Waals surface area (Å²) in [5, 5.41) is 6.61. The summed E-state index contributed by atoms with van der Waals surface area (Å²) in [6.45, 7) is -0.271. The second-order valence-electron chi connectivity index (χ2n) is 6.98. The Hall–Kier alpha value is -4.37. The topological polar surface area (TPSA) is 115 Å². The van der Waals surface area contributed by atoms with Crippen LogP contribution < -0.4 is 25.0 Å². The highest BCUT2D eigenvalue weighted by molar-refractivity contribution is 6.33. The number of esters is 1. The van der Waals surface area contributed by atoms with Crippen molar-refractivity contribution in [1.29, 1.82) is 0 Å². The van der Waals surface area contributed by atoms with Crippen LogP contribution in [0.25, 0.3) is 0 Å². The molecule has 3 aromatic rings. The van der Waals surface area contributed by atoms with Crippen LogP contribution in [0.15, 0.2) is 71.8 Å². The number of hydrazone groups is 1. The molecule has 0 heterocycles. The van der Waals surface area contributed by atoms with Gasteiger partial charge in [0.05, 0.1) is 43.1 Å². The van der Waals surface area contributed by atoms with Gasteiger partial charge in [0.15, 0.2) is 11.5 Å². The average molecular weight is 496 g/mol. The fourth-order valence-electron chi connectivity index (χ4n) is 2.87. The molecule has 2 N–H and O–H groups in total. The Balaban J connectivity index is 1.48. The molecule has 0 radical (unpaired) electrons. The first kappa shape index (κ1) is 25.3. The molecule has 0 aliphatic rings. The molecule has 2 amide bonds. The van der Waals surface area contributed by atoms with E-state index in [2.05, 4.69) is 15.8 Å². The Bertz CT molecular complexity index is 1240. The molecule has 0 spiro atoms. The van der Waals surface area contributed by atoms with E-state index in [0.717, 1.165) is 0 Å². The summed E-state index contributed by atoms with van der Waals surface area (Å²) in [4.78, 5) is 36.4. The molecule has 0 atom stereocenters. The molecule has 35 heavy (non-hydrogen) atoms. The van der Waals surface area contributed by atoms with E-state index in [1.807, 2.05) is 0 Å². The molecule has 0 saturated heterocycles. The van der Waals surface area contributed by atoms with Crippen LogP contribution >= 0.6 is 11.6 Å². The largest absolute Gasteiger partial charge is 0.493 e. The van der Waals surface area contributed by atoms with Gasteiger partial charge in [0.2, 0.25) is 0 Å². The zero-order valence-electron chi connectivity index (χ0n) is 18.9. The van der Waals surface area contributed by atoms with Gasteiger partial charge in [-0.15, -0.1) is 0 Å². The lowest BCUT2D eigenvalue weighted by Crippen LogP contribution is -2.35. The van der Waals surface area contributed by atoms with E-state index in [0.29, 0.717) is 33.4 Å². The second-order valence-corrected chi connectivity index (χ2v) is 7.39. The first-order valence-corrected chi connectivity index (χ1v) is 10.7. The van der Waals surface area contributed by atoms with Crippen LogP contribution in [0.5, 0.6) is 17.2 Å². The third-order valence-corrected chi connectivity index (χ3v) is 4.97. The molecule has 0 fully saturated rings. The van der Waals surface area contributed by atoms with Crippen LogP contribution in [0, 0.1) is 0 Å². The summed E-state index contributed by atoms with van der Waals surface area (Å²) in [7, 11) is 2.98. The van der Waals surface area contributed by atoms with Crippen LogP contribution in [0.3, 0.4) is 0 Å². The van der Waals surface area contributed by atoms with Crippen molar-refractivity contribution < 1.29 is 28.6 Å². The third kappa shape index (κ3) is 7.05. The lowest BCUT2D eigenvalue weighted by Gasteiger charge is -2.09. The highest BCUT2D eigenvalue weighted by atomic mass is 35.5. The van der Waals surface area contributed by atoms with E-state index in [1.165, 1.54) is 26.5 Å². The quantitative estimate of drug-likeness (QED) is 0.203. The number of hydrogen-bond acceptors (Lipinski definition) is 7. The molecular weight excluding hydrogens is 474 g/mol. The van der Waals surface area contributed by atoms with Crippen molar-refractivity contribution in [2.24, 2.45) is 5.10 Å². The number of hydrogen-bond donors (Lipinski definition) is 2. The minimum atomic E-state index is -0.557. The summed E-state index contributed by atoms with van der Waals surface area (Å²) in [5.74, 6) is -0.288. The highest BCUT2D eigenvalue weighted by Gasteiger charge is 2.13. The molecule has 9 nitrogen and oxygen atoms in total. The third-order valence-electron chi connectivity index (χ3n) is 4.64. The number of amides is 2. The van der Waals surface area contributed by atoms with Crippen molar-refractivity contribution >= 4 is 35.6 Å². The van der Waals surface area contributed by atoms with Crippen molar-refractivity contribution in [1.82, 2.24) is 10.7 Å². The number of ether oxygens (including phenoxy) is 3. The Morgan fingerprint density at radius 3 is 2.34 bits per heavy atom. The Morgan fingerprint density at radius 1 is 0.943 bits per heavy atom. The average Bonchev–Trinajstić information content (AvgIpc) is 2.88. The number of carbonyl (C=O) groups is 3. The molecule has 3 aromatic carbocycles. The Morgan fingerprint density at radius 2 is 1.66 bits per heavy atom. The van der Waals surface area contributed by atoms with Crippen molar-refractivity contribution in [3.05, 3.63) is 88.4 Å². The van der Waals surface area contributed by atoms with Crippen molar-refractivity contribution in [3.63, 3.8) is 0 Å². The maximum Gasteiger partial charge on any atom is 0.343 e. The Labute approximate surface area is 206 Å². The number of carbonyl (C=O) groups excluding carboxylic acids is 3. The number of methoxy groups -OCH3 is 2. The van der Waals surface area contributed by atoms with Crippen molar-refractivity contribution in [2.45, 2.75) is 0 Å². The van der Waals surface area contributed by atoms with Gasteiger partial charge >= 0.3 is 5.97 Å². The monoisotopic (exact) mass is 495 g/mol. The summed E-state index contributed by atoms with van der Waals surface area (Å²) >= 11 is 5.96. The molecular formula is C25H22ClN3O6. The smallest absolute Gasteiger partial charge is 0.343 e.